The smallest absolute Gasteiger partial charge is 0.325 e. The molecule has 10 nitrogen and oxygen atoms in total. The highest BCUT2D eigenvalue weighted by molar-refractivity contribution is 7.89. The minimum Gasteiger partial charge on any atom is -0.379 e. The van der Waals surface area contributed by atoms with Gasteiger partial charge in [0.2, 0.25) is 15.9 Å². The van der Waals surface area contributed by atoms with Gasteiger partial charge in [-0.15, -0.1) is 0 Å². The topological polar surface area (TPSA) is 125 Å². The Balaban J connectivity index is 1.42. The molecule has 1 unspecified atom stereocenters. The van der Waals surface area contributed by atoms with Gasteiger partial charge >= 0.3 is 6.03 Å². The number of benzene rings is 2. The van der Waals surface area contributed by atoms with Gasteiger partial charge in [-0.3, -0.25) is 14.5 Å². The van der Waals surface area contributed by atoms with Gasteiger partial charge in [0, 0.05) is 18.8 Å². The first-order valence-electron chi connectivity index (χ1n) is 11.5. The van der Waals surface area contributed by atoms with Gasteiger partial charge in [-0.1, -0.05) is 41.9 Å². The van der Waals surface area contributed by atoms with Crippen LogP contribution in [-0.2, 0) is 30.8 Å². The molecule has 192 valence electrons. The minimum atomic E-state index is -3.89. The molecule has 0 spiro atoms. The molecule has 0 bridgehead atoms. The molecule has 2 aromatic rings. The summed E-state index contributed by atoms with van der Waals surface area (Å²) < 4.78 is 32.5. The molecule has 2 heterocycles. The van der Waals surface area contributed by atoms with E-state index in [4.69, 9.17) is 16.3 Å². The van der Waals surface area contributed by atoms with E-state index in [9.17, 15) is 22.8 Å². The number of rotatable bonds is 8. The van der Waals surface area contributed by atoms with E-state index < -0.39 is 40.0 Å². The normalized spacial score (nSPS) is 20.9. The molecule has 0 aromatic heterocycles. The lowest BCUT2D eigenvalue weighted by Crippen LogP contribution is -2.45. The average molecular weight is 535 g/mol. The van der Waals surface area contributed by atoms with Crippen molar-refractivity contribution >= 4 is 45.2 Å². The summed E-state index contributed by atoms with van der Waals surface area (Å²) in [5.41, 5.74) is 0.0741. The van der Waals surface area contributed by atoms with Crippen molar-refractivity contribution in [1.82, 2.24) is 14.5 Å². The second kappa shape index (κ2) is 10.6. The molecule has 4 amide bonds. The first-order valence-corrected chi connectivity index (χ1v) is 13.3. The number of imide groups is 1. The maximum Gasteiger partial charge on any atom is 0.325 e. The van der Waals surface area contributed by atoms with E-state index in [1.54, 1.807) is 6.92 Å². The number of halogens is 1. The number of urea groups is 1. The van der Waals surface area contributed by atoms with Crippen LogP contribution < -0.4 is 10.6 Å². The molecule has 2 aliphatic rings. The van der Waals surface area contributed by atoms with Gasteiger partial charge in [-0.05, 0) is 43.5 Å². The summed E-state index contributed by atoms with van der Waals surface area (Å²) in [7, 11) is -3.89. The number of nitrogens with one attached hydrogen (secondary N) is 2. The summed E-state index contributed by atoms with van der Waals surface area (Å²) in [5, 5.41) is 5.26. The van der Waals surface area contributed by atoms with Crippen LogP contribution in [0.1, 0.15) is 18.9 Å². The molecule has 0 saturated carbocycles. The van der Waals surface area contributed by atoms with Crippen LogP contribution in [0, 0.1) is 0 Å². The second-order valence-corrected chi connectivity index (χ2v) is 11.2. The average Bonchev–Trinajstić information content (AvgIpc) is 3.08. The predicted molar refractivity (Wildman–Crippen MR) is 133 cm³/mol. The fourth-order valence-electron chi connectivity index (χ4n) is 4.15. The molecule has 2 aromatic carbocycles. The number of nitrogens with zero attached hydrogens (tertiary/aromatic N) is 2. The number of ether oxygens (including phenoxy) is 1. The van der Waals surface area contributed by atoms with Crippen molar-refractivity contribution < 1.29 is 27.5 Å². The molecule has 0 radical (unpaired) electrons. The summed E-state index contributed by atoms with van der Waals surface area (Å²) >= 11 is 6.16. The zero-order valence-corrected chi connectivity index (χ0v) is 21.3. The number of hydrogen-bond donors (Lipinski definition) is 2. The maximum absolute atomic E-state index is 13.0. The van der Waals surface area contributed by atoms with Crippen LogP contribution in [0.3, 0.4) is 0 Å². The molecular formula is C24H27ClN4O6S. The highest BCUT2D eigenvalue weighted by Crippen LogP contribution is 2.29. The van der Waals surface area contributed by atoms with Crippen LogP contribution in [0.25, 0.3) is 0 Å². The number of carbonyl (C=O) groups is 3. The van der Waals surface area contributed by atoms with Crippen molar-refractivity contribution in [1.29, 1.82) is 0 Å². The van der Waals surface area contributed by atoms with Gasteiger partial charge in [-0.2, -0.15) is 4.31 Å². The summed E-state index contributed by atoms with van der Waals surface area (Å²) in [6, 6.07) is 13.0. The number of aryl methyl sites for hydroxylation is 1. The van der Waals surface area contributed by atoms with Gasteiger partial charge in [-0.25, -0.2) is 13.2 Å². The fraction of sp³-hybridized carbons (Fsp3) is 0.375. The maximum atomic E-state index is 13.0. The number of hydrogen-bond acceptors (Lipinski definition) is 6. The molecule has 1 atom stereocenters. The highest BCUT2D eigenvalue weighted by Gasteiger charge is 2.47. The highest BCUT2D eigenvalue weighted by atomic mass is 35.5. The minimum absolute atomic E-state index is 0.0165. The van der Waals surface area contributed by atoms with Crippen LogP contribution in [0.5, 0.6) is 0 Å². The van der Waals surface area contributed by atoms with Crippen molar-refractivity contribution in [3.05, 3.63) is 59.1 Å². The lowest BCUT2D eigenvalue weighted by atomic mass is 9.93. The Labute approximate surface area is 214 Å². The third-order valence-electron chi connectivity index (χ3n) is 6.21. The molecule has 4 rings (SSSR count). The van der Waals surface area contributed by atoms with Crippen molar-refractivity contribution in [2.24, 2.45) is 0 Å². The Bertz CT molecular complexity index is 1270. The number of sulfonamides is 1. The van der Waals surface area contributed by atoms with Crippen LogP contribution in [0.4, 0.5) is 10.5 Å². The molecule has 2 saturated heterocycles. The number of morpholine rings is 1. The molecule has 36 heavy (non-hydrogen) atoms. The van der Waals surface area contributed by atoms with Gasteiger partial charge < -0.3 is 15.4 Å². The third-order valence-corrected chi connectivity index (χ3v) is 8.59. The van der Waals surface area contributed by atoms with E-state index in [-0.39, 0.29) is 41.9 Å². The van der Waals surface area contributed by atoms with Gasteiger partial charge in [0.25, 0.3) is 5.91 Å². The lowest BCUT2D eigenvalue weighted by Gasteiger charge is -2.26. The molecular weight excluding hydrogens is 508 g/mol. The Morgan fingerprint density at radius 2 is 1.83 bits per heavy atom. The monoisotopic (exact) mass is 534 g/mol. The Kier molecular flexibility index (Phi) is 7.65. The van der Waals surface area contributed by atoms with Crippen molar-refractivity contribution in [3.8, 4) is 0 Å². The largest absolute Gasteiger partial charge is 0.379 e. The van der Waals surface area contributed by atoms with E-state index in [1.807, 2.05) is 30.3 Å². The third kappa shape index (κ3) is 5.54. The fourth-order valence-corrected chi connectivity index (χ4v) is 6.06. The van der Waals surface area contributed by atoms with E-state index in [0.717, 1.165) is 10.5 Å². The second-order valence-electron chi connectivity index (χ2n) is 8.85. The molecule has 12 heteroatoms. The number of anilines is 1. The van der Waals surface area contributed by atoms with E-state index in [0.29, 0.717) is 12.8 Å². The van der Waals surface area contributed by atoms with E-state index in [1.165, 1.54) is 22.5 Å². The Morgan fingerprint density at radius 3 is 2.53 bits per heavy atom. The van der Waals surface area contributed by atoms with Crippen LogP contribution in [0.15, 0.2) is 53.4 Å². The molecule has 2 N–H and O–H groups in total. The number of amides is 4. The predicted octanol–water partition coefficient (Wildman–Crippen LogP) is 2.24. The van der Waals surface area contributed by atoms with Crippen molar-refractivity contribution in [2.45, 2.75) is 30.2 Å². The van der Waals surface area contributed by atoms with Gasteiger partial charge in [0.1, 0.15) is 17.0 Å². The standard InChI is InChI=1S/C24H27ClN4O6S/c1-24(10-9-17-5-3-2-4-6-17)22(31)29(23(32)27-24)16-21(30)26-18-7-8-19(25)20(15-18)36(33,34)28-11-13-35-14-12-28/h2-8,15H,9-14,16H2,1H3,(H,26,30)(H,27,32). The lowest BCUT2D eigenvalue weighted by molar-refractivity contribution is -0.133. The van der Waals surface area contributed by atoms with E-state index in [2.05, 4.69) is 10.6 Å². The summed E-state index contributed by atoms with van der Waals surface area (Å²) in [5.74, 6) is -1.15. The van der Waals surface area contributed by atoms with Crippen LogP contribution in [0.2, 0.25) is 5.02 Å². The van der Waals surface area contributed by atoms with Crippen LogP contribution in [-0.4, -0.2) is 73.9 Å². The summed E-state index contributed by atoms with van der Waals surface area (Å²) in [4.78, 5) is 38.9. The molecule has 2 fully saturated rings. The summed E-state index contributed by atoms with van der Waals surface area (Å²) in [6.07, 6.45) is 0.953. The zero-order chi connectivity index (χ0) is 25.9. The zero-order valence-electron chi connectivity index (χ0n) is 19.7. The first kappa shape index (κ1) is 26.1. The van der Waals surface area contributed by atoms with E-state index >= 15 is 0 Å². The van der Waals surface area contributed by atoms with Crippen molar-refractivity contribution in [2.75, 3.05) is 38.2 Å². The molecule has 2 aliphatic heterocycles. The Hall–Kier alpha value is -2.99. The van der Waals surface area contributed by atoms with Crippen LogP contribution >= 0.6 is 11.6 Å². The Morgan fingerprint density at radius 1 is 1.14 bits per heavy atom. The molecule has 0 aliphatic carbocycles. The first-order chi connectivity index (χ1) is 17.1. The SMILES string of the molecule is CC1(CCc2ccccc2)NC(=O)N(CC(=O)Nc2ccc(Cl)c(S(=O)(=O)N3CCOCC3)c2)C1=O. The quantitative estimate of drug-likeness (QED) is 0.500. The van der Waals surface area contributed by atoms with Gasteiger partial charge in [0.15, 0.2) is 0 Å². The van der Waals surface area contributed by atoms with Crippen molar-refractivity contribution in [3.63, 3.8) is 0 Å². The summed E-state index contributed by atoms with van der Waals surface area (Å²) in [6.45, 7) is 2.08. The van der Waals surface area contributed by atoms with Gasteiger partial charge in [0.05, 0.1) is 18.2 Å². The number of carbonyl (C=O) groups excluding carboxylic acids is 3.